The van der Waals surface area contributed by atoms with E-state index in [1.807, 2.05) is 6.92 Å². The average molecular weight is 205 g/mol. The summed E-state index contributed by atoms with van der Waals surface area (Å²) in [6.07, 6.45) is 0. The molecule has 0 radical (unpaired) electrons. The third-order valence-corrected chi connectivity index (χ3v) is 2.45. The van der Waals surface area contributed by atoms with Crippen LogP contribution >= 0.6 is 0 Å². The minimum atomic E-state index is -0.227. The first-order valence-corrected chi connectivity index (χ1v) is 4.73. The van der Waals surface area contributed by atoms with Crippen molar-refractivity contribution in [2.75, 3.05) is 5.73 Å². The number of nitrogen functional groups attached to an aromatic ring is 1. The van der Waals surface area contributed by atoms with Crippen LogP contribution in [0.2, 0.25) is 0 Å². The highest BCUT2D eigenvalue weighted by atomic mass is 19.1. The van der Waals surface area contributed by atoms with Crippen LogP contribution in [-0.2, 0) is 0 Å². The number of nitrogens with one attached hydrogen (secondary N) is 1. The van der Waals surface area contributed by atoms with E-state index >= 15 is 0 Å². The Labute approximate surface area is 87.1 Å². The molecule has 1 atom stereocenters. The second-order valence-electron chi connectivity index (χ2n) is 3.52. The van der Waals surface area contributed by atoms with Gasteiger partial charge in [-0.3, -0.25) is 5.10 Å². The van der Waals surface area contributed by atoms with Crippen LogP contribution in [0.4, 0.5) is 10.2 Å². The number of H-pyrrole nitrogens is 1. The number of aromatic amines is 1. The zero-order chi connectivity index (χ0) is 10.8. The highest BCUT2D eigenvalue weighted by Crippen LogP contribution is 2.23. The zero-order valence-electron chi connectivity index (χ0n) is 8.37. The highest BCUT2D eigenvalue weighted by Gasteiger charge is 2.10. The van der Waals surface area contributed by atoms with Gasteiger partial charge in [-0.25, -0.2) is 4.39 Å². The van der Waals surface area contributed by atoms with Gasteiger partial charge in [0.1, 0.15) is 11.6 Å². The number of nitrogens with zero attached hydrogens (tertiary/aromatic N) is 1. The molecular weight excluding hydrogens is 193 g/mol. The van der Waals surface area contributed by atoms with Gasteiger partial charge in [-0.15, -0.1) is 0 Å². The molecule has 0 aliphatic rings. The standard InChI is InChI=1S/C11H12FN3/c1-7(10-6-11(13)15-14-10)8-2-4-9(12)5-3-8/h2-7H,1H3,(H3,13,14,15). The Bertz CT molecular complexity index is 447. The molecule has 0 fully saturated rings. The van der Waals surface area contributed by atoms with Gasteiger partial charge in [0, 0.05) is 17.7 Å². The lowest BCUT2D eigenvalue weighted by molar-refractivity contribution is 0.626. The Kier molecular flexibility index (Phi) is 2.41. The molecule has 78 valence electrons. The molecule has 2 aromatic rings. The SMILES string of the molecule is CC(c1ccc(F)cc1)c1cc(N)n[nH]1. The minimum Gasteiger partial charge on any atom is -0.382 e. The second kappa shape index (κ2) is 3.73. The number of benzene rings is 1. The van der Waals surface area contributed by atoms with Crippen LogP contribution in [0.1, 0.15) is 24.1 Å². The van der Waals surface area contributed by atoms with Crippen molar-refractivity contribution >= 4 is 5.82 Å². The summed E-state index contributed by atoms with van der Waals surface area (Å²) in [7, 11) is 0. The molecule has 0 saturated heterocycles. The van der Waals surface area contributed by atoms with Gasteiger partial charge in [0.25, 0.3) is 0 Å². The van der Waals surface area contributed by atoms with Gasteiger partial charge in [-0.2, -0.15) is 5.10 Å². The molecule has 0 saturated carbocycles. The van der Waals surface area contributed by atoms with E-state index in [0.29, 0.717) is 5.82 Å². The highest BCUT2D eigenvalue weighted by molar-refractivity contribution is 5.35. The maximum atomic E-state index is 12.7. The molecule has 4 heteroatoms. The Morgan fingerprint density at radius 2 is 2.00 bits per heavy atom. The molecule has 3 nitrogen and oxygen atoms in total. The van der Waals surface area contributed by atoms with E-state index in [9.17, 15) is 4.39 Å². The smallest absolute Gasteiger partial charge is 0.145 e. The number of halogens is 1. The molecule has 1 aromatic heterocycles. The molecule has 0 amide bonds. The van der Waals surface area contributed by atoms with Gasteiger partial charge in [-0.05, 0) is 17.7 Å². The van der Waals surface area contributed by atoms with E-state index in [4.69, 9.17) is 5.73 Å². The molecule has 1 unspecified atom stereocenters. The Morgan fingerprint density at radius 1 is 1.33 bits per heavy atom. The van der Waals surface area contributed by atoms with Gasteiger partial charge >= 0.3 is 0 Å². The van der Waals surface area contributed by atoms with Crippen LogP contribution in [0, 0.1) is 5.82 Å². The predicted octanol–water partition coefficient (Wildman–Crippen LogP) is 2.28. The largest absolute Gasteiger partial charge is 0.382 e. The van der Waals surface area contributed by atoms with E-state index in [1.165, 1.54) is 12.1 Å². The van der Waals surface area contributed by atoms with Crippen molar-refractivity contribution in [1.82, 2.24) is 10.2 Å². The third-order valence-electron chi connectivity index (χ3n) is 2.45. The number of nitrogens with two attached hydrogens (primary N) is 1. The molecular formula is C11H12FN3. The first kappa shape index (κ1) is 9.71. The molecule has 0 bridgehead atoms. The summed E-state index contributed by atoms with van der Waals surface area (Å²) in [5, 5.41) is 6.71. The Morgan fingerprint density at radius 3 is 2.53 bits per heavy atom. The maximum absolute atomic E-state index is 12.7. The van der Waals surface area contributed by atoms with Crippen molar-refractivity contribution in [3.05, 3.63) is 47.4 Å². The summed E-state index contributed by atoms with van der Waals surface area (Å²) in [5.41, 5.74) is 7.47. The van der Waals surface area contributed by atoms with Crippen LogP contribution in [0.15, 0.2) is 30.3 Å². The van der Waals surface area contributed by atoms with E-state index in [0.717, 1.165) is 11.3 Å². The summed E-state index contributed by atoms with van der Waals surface area (Å²) < 4.78 is 12.7. The van der Waals surface area contributed by atoms with Crippen LogP contribution in [-0.4, -0.2) is 10.2 Å². The number of rotatable bonds is 2. The molecule has 0 aliphatic carbocycles. The van der Waals surface area contributed by atoms with Crippen molar-refractivity contribution in [2.45, 2.75) is 12.8 Å². The molecule has 0 spiro atoms. The maximum Gasteiger partial charge on any atom is 0.145 e. The van der Waals surface area contributed by atoms with Gasteiger partial charge in [0.2, 0.25) is 0 Å². The number of aromatic nitrogens is 2. The first-order chi connectivity index (χ1) is 7.16. The fourth-order valence-corrected chi connectivity index (χ4v) is 1.51. The fourth-order valence-electron chi connectivity index (χ4n) is 1.51. The first-order valence-electron chi connectivity index (χ1n) is 4.73. The van der Waals surface area contributed by atoms with Gasteiger partial charge in [-0.1, -0.05) is 19.1 Å². The van der Waals surface area contributed by atoms with E-state index in [2.05, 4.69) is 10.2 Å². The Hall–Kier alpha value is -1.84. The Balaban J connectivity index is 2.28. The normalized spacial score (nSPS) is 12.7. The number of hydrogen-bond donors (Lipinski definition) is 2. The number of anilines is 1. The molecule has 0 aliphatic heterocycles. The summed E-state index contributed by atoms with van der Waals surface area (Å²) in [6, 6.07) is 8.21. The monoisotopic (exact) mass is 205 g/mol. The van der Waals surface area contributed by atoms with Gasteiger partial charge in [0.05, 0.1) is 0 Å². The van der Waals surface area contributed by atoms with Crippen molar-refractivity contribution in [3.8, 4) is 0 Å². The second-order valence-corrected chi connectivity index (χ2v) is 3.52. The van der Waals surface area contributed by atoms with E-state index in [1.54, 1.807) is 18.2 Å². The summed E-state index contributed by atoms with van der Waals surface area (Å²) >= 11 is 0. The minimum absolute atomic E-state index is 0.135. The lowest BCUT2D eigenvalue weighted by Gasteiger charge is -2.08. The molecule has 1 heterocycles. The average Bonchev–Trinajstić information content (AvgIpc) is 2.65. The van der Waals surface area contributed by atoms with Gasteiger partial charge in [0.15, 0.2) is 0 Å². The summed E-state index contributed by atoms with van der Waals surface area (Å²) in [6.45, 7) is 2.01. The van der Waals surface area contributed by atoms with Crippen LogP contribution in [0.25, 0.3) is 0 Å². The van der Waals surface area contributed by atoms with Gasteiger partial charge < -0.3 is 5.73 Å². The molecule has 15 heavy (non-hydrogen) atoms. The van der Waals surface area contributed by atoms with Crippen molar-refractivity contribution in [1.29, 1.82) is 0 Å². The van der Waals surface area contributed by atoms with Crippen LogP contribution in [0.5, 0.6) is 0 Å². The van der Waals surface area contributed by atoms with Crippen molar-refractivity contribution in [2.24, 2.45) is 0 Å². The van der Waals surface area contributed by atoms with Crippen LogP contribution in [0.3, 0.4) is 0 Å². The van der Waals surface area contributed by atoms with Crippen molar-refractivity contribution < 1.29 is 4.39 Å². The lowest BCUT2D eigenvalue weighted by Crippen LogP contribution is -1.96. The number of hydrogen-bond acceptors (Lipinski definition) is 2. The van der Waals surface area contributed by atoms with E-state index < -0.39 is 0 Å². The van der Waals surface area contributed by atoms with Crippen molar-refractivity contribution in [3.63, 3.8) is 0 Å². The molecule has 2 rings (SSSR count). The fraction of sp³-hybridized carbons (Fsp3) is 0.182. The van der Waals surface area contributed by atoms with E-state index in [-0.39, 0.29) is 11.7 Å². The quantitative estimate of drug-likeness (QED) is 0.790. The zero-order valence-corrected chi connectivity index (χ0v) is 8.37. The topological polar surface area (TPSA) is 54.7 Å². The predicted molar refractivity (Wildman–Crippen MR) is 56.9 cm³/mol. The summed E-state index contributed by atoms with van der Waals surface area (Å²) in [5.74, 6) is 0.379. The van der Waals surface area contributed by atoms with Crippen LogP contribution < -0.4 is 5.73 Å². The molecule has 1 aromatic carbocycles. The summed E-state index contributed by atoms with van der Waals surface area (Å²) in [4.78, 5) is 0. The lowest BCUT2D eigenvalue weighted by atomic mass is 9.98. The molecule has 3 N–H and O–H groups in total. The third kappa shape index (κ3) is 1.98.